The Labute approximate surface area is 61.8 Å². The first-order chi connectivity index (χ1) is 4.18. The molecule has 9 heavy (non-hydrogen) atoms. The van der Waals surface area contributed by atoms with Crippen molar-refractivity contribution in [2.45, 2.75) is 0 Å². The fourth-order valence-electron chi connectivity index (χ4n) is 0.575. The van der Waals surface area contributed by atoms with Crippen LogP contribution in [0.1, 0.15) is 0 Å². The van der Waals surface area contributed by atoms with Crippen molar-refractivity contribution < 1.29 is 8.78 Å². The van der Waals surface area contributed by atoms with Crippen molar-refractivity contribution in [3.63, 3.8) is 0 Å². The molecule has 0 aliphatic carbocycles. The molecule has 1 rings (SSSR count). The number of halogens is 2. The Hall–Kier alpha value is -0.284. The molecule has 0 aliphatic rings. The maximum atomic E-state index is 12.2. The molecule has 0 aromatic heterocycles. The van der Waals surface area contributed by atoms with Crippen molar-refractivity contribution >= 4 is 22.7 Å². The van der Waals surface area contributed by atoms with Gasteiger partial charge in [-0.2, -0.15) is 0 Å². The minimum absolute atomic E-state index is 0.505. The monoisotopic (exact) mass is 182 g/mol. The molecule has 0 saturated heterocycles. The van der Waals surface area contributed by atoms with E-state index >= 15 is 0 Å². The topological polar surface area (TPSA) is 0 Å². The van der Waals surface area contributed by atoms with Gasteiger partial charge in [-0.3, -0.25) is 0 Å². The van der Waals surface area contributed by atoms with Crippen LogP contribution in [0.5, 0.6) is 0 Å². The van der Waals surface area contributed by atoms with Crippen LogP contribution in [0.4, 0.5) is 8.78 Å². The quantitative estimate of drug-likeness (QED) is 0.520. The second kappa shape index (κ2) is 2.54. The van der Waals surface area contributed by atoms with Crippen LogP contribution in [0.25, 0.3) is 0 Å². The van der Waals surface area contributed by atoms with E-state index in [9.17, 15) is 8.78 Å². The summed E-state index contributed by atoms with van der Waals surface area (Å²) in [4.78, 5) is 0. The molecule has 0 aliphatic heterocycles. The summed E-state index contributed by atoms with van der Waals surface area (Å²) in [5.74, 6) is -1.01. The number of hydrogen-bond acceptors (Lipinski definition) is 0. The van der Waals surface area contributed by atoms with E-state index in [4.69, 9.17) is 0 Å². The van der Waals surface area contributed by atoms with Crippen molar-refractivity contribution in [2.24, 2.45) is 0 Å². The first-order valence-corrected chi connectivity index (χ1v) is 3.61. The molecule has 1 aromatic rings. The molecule has 0 spiro atoms. The summed E-state index contributed by atoms with van der Waals surface area (Å²) >= 11 is 1.22. The summed E-state index contributed by atoms with van der Waals surface area (Å²) in [5.41, 5.74) is 0. The molecule has 3 heteroatoms. The second-order valence-electron chi connectivity index (χ2n) is 1.70. The van der Waals surface area contributed by atoms with Gasteiger partial charge in [0.05, 0.1) is 0 Å². The first-order valence-electron chi connectivity index (χ1n) is 2.40. The molecule has 1 aromatic carbocycles. The van der Waals surface area contributed by atoms with E-state index in [1.165, 1.54) is 30.7 Å². The van der Waals surface area contributed by atoms with Crippen LogP contribution in [0.2, 0.25) is 0 Å². The molecule has 0 amide bonds. The summed E-state index contributed by atoms with van der Waals surface area (Å²) in [6.45, 7) is 0. The third-order valence-corrected chi connectivity index (χ3v) is 1.58. The maximum absolute atomic E-state index is 12.2. The van der Waals surface area contributed by atoms with Gasteiger partial charge >= 0.3 is 61.3 Å². The molecular formula is C6H3F2Ga. The van der Waals surface area contributed by atoms with Crippen molar-refractivity contribution in [2.75, 3.05) is 0 Å². The van der Waals surface area contributed by atoms with E-state index in [0.29, 0.717) is 4.12 Å². The Morgan fingerprint density at radius 2 is 1.44 bits per heavy atom. The summed E-state index contributed by atoms with van der Waals surface area (Å²) in [6.07, 6.45) is 0. The van der Waals surface area contributed by atoms with Crippen LogP contribution >= 0.6 is 0 Å². The van der Waals surface area contributed by atoms with Crippen LogP contribution in [0, 0.1) is 11.6 Å². The van der Waals surface area contributed by atoms with E-state index in [2.05, 4.69) is 0 Å². The normalized spacial score (nSPS) is 9.56. The zero-order chi connectivity index (χ0) is 6.85. The molecule has 0 bridgehead atoms. The zero-order valence-corrected chi connectivity index (χ0v) is 6.99. The molecule has 0 unspecified atom stereocenters. The van der Waals surface area contributed by atoms with Gasteiger partial charge in [-0.05, 0) is 0 Å². The standard InChI is InChI=1S/C6H3F2.Ga/c7-5-2-1-3-6(8)4-5;/h2-4H;. The summed E-state index contributed by atoms with van der Waals surface area (Å²) in [6, 6.07) is 3.48. The molecule has 2 radical (unpaired) electrons. The fraction of sp³-hybridized carbons (Fsp3) is 0. The predicted molar refractivity (Wildman–Crippen MR) is 31.7 cm³/mol. The van der Waals surface area contributed by atoms with E-state index in [-0.39, 0.29) is 0 Å². The number of rotatable bonds is 0. The van der Waals surface area contributed by atoms with Gasteiger partial charge in [-0.1, -0.05) is 0 Å². The molecule has 0 N–H and O–H groups in total. The van der Waals surface area contributed by atoms with Crippen LogP contribution < -0.4 is 4.12 Å². The van der Waals surface area contributed by atoms with E-state index in [1.54, 1.807) is 0 Å². The van der Waals surface area contributed by atoms with Crippen LogP contribution in [0.15, 0.2) is 18.2 Å². The van der Waals surface area contributed by atoms with Crippen LogP contribution in [-0.4, -0.2) is 18.6 Å². The zero-order valence-electron chi connectivity index (χ0n) is 4.57. The van der Waals surface area contributed by atoms with Gasteiger partial charge in [-0.25, -0.2) is 0 Å². The second-order valence-corrected chi connectivity index (χ2v) is 3.10. The molecule has 0 atom stereocenters. The molecule has 0 fully saturated rings. The Kier molecular flexibility index (Phi) is 1.92. The average molecular weight is 183 g/mol. The summed E-state index contributed by atoms with van der Waals surface area (Å²) in [5, 5.41) is 0. The van der Waals surface area contributed by atoms with E-state index in [1.807, 2.05) is 0 Å². The first kappa shape index (κ1) is 6.83. The molecule has 0 nitrogen and oxygen atoms in total. The predicted octanol–water partition coefficient (Wildman–Crippen LogP) is 0.759. The minimum atomic E-state index is -0.505. The van der Waals surface area contributed by atoms with Crippen molar-refractivity contribution in [3.8, 4) is 0 Å². The molecule has 0 saturated carbocycles. The third-order valence-electron chi connectivity index (χ3n) is 0.885. The van der Waals surface area contributed by atoms with Crippen molar-refractivity contribution in [3.05, 3.63) is 29.8 Å². The van der Waals surface area contributed by atoms with Crippen molar-refractivity contribution in [1.82, 2.24) is 0 Å². The Morgan fingerprint density at radius 1 is 1.00 bits per heavy atom. The van der Waals surface area contributed by atoms with Gasteiger partial charge < -0.3 is 0 Å². The third kappa shape index (κ3) is 1.84. The Bertz CT molecular complexity index is 172. The van der Waals surface area contributed by atoms with E-state index < -0.39 is 11.6 Å². The fourth-order valence-corrected chi connectivity index (χ4v) is 1.24. The number of benzene rings is 1. The van der Waals surface area contributed by atoms with Crippen LogP contribution in [0.3, 0.4) is 0 Å². The van der Waals surface area contributed by atoms with E-state index in [0.717, 1.165) is 6.07 Å². The molecular weight excluding hydrogens is 180 g/mol. The van der Waals surface area contributed by atoms with Crippen LogP contribution in [-0.2, 0) is 0 Å². The summed E-state index contributed by atoms with van der Waals surface area (Å²) < 4.78 is 25.1. The molecule has 44 valence electrons. The Morgan fingerprint density at radius 3 is 1.78 bits per heavy atom. The van der Waals surface area contributed by atoms with Gasteiger partial charge in [-0.15, -0.1) is 0 Å². The van der Waals surface area contributed by atoms with Gasteiger partial charge in [0.25, 0.3) is 0 Å². The molecule has 0 heterocycles. The average Bonchev–Trinajstić information content (AvgIpc) is 1.59. The van der Waals surface area contributed by atoms with Gasteiger partial charge in [0.1, 0.15) is 0 Å². The van der Waals surface area contributed by atoms with Crippen molar-refractivity contribution in [1.29, 1.82) is 0 Å². The Balaban J connectivity index is 3.17. The number of hydrogen-bond donors (Lipinski definition) is 0. The SMILES string of the molecule is Fc1cc(F)c[c]([Ga])c1. The van der Waals surface area contributed by atoms with Gasteiger partial charge in [0.15, 0.2) is 0 Å². The van der Waals surface area contributed by atoms with Gasteiger partial charge in [0.2, 0.25) is 0 Å². The van der Waals surface area contributed by atoms with Gasteiger partial charge in [0, 0.05) is 0 Å². The summed E-state index contributed by atoms with van der Waals surface area (Å²) in [7, 11) is 0.